The highest BCUT2D eigenvalue weighted by Gasteiger charge is 2.35. The van der Waals surface area contributed by atoms with Crippen molar-refractivity contribution in [3.05, 3.63) is 29.3 Å². The lowest BCUT2D eigenvalue weighted by Crippen LogP contribution is -2.18. The van der Waals surface area contributed by atoms with Gasteiger partial charge in [0, 0.05) is 5.69 Å². The quantitative estimate of drug-likeness (QED) is 0.827. The van der Waals surface area contributed by atoms with Crippen molar-refractivity contribution >= 4 is 11.7 Å². The lowest BCUT2D eigenvalue weighted by molar-refractivity contribution is -0.138. The van der Waals surface area contributed by atoms with Crippen molar-refractivity contribution in [1.82, 2.24) is 0 Å². The third-order valence-electron chi connectivity index (χ3n) is 2.51. The van der Waals surface area contributed by atoms with Crippen molar-refractivity contribution in [1.29, 1.82) is 0 Å². The zero-order valence-electron chi connectivity index (χ0n) is 10.1. The summed E-state index contributed by atoms with van der Waals surface area (Å²) in [7, 11) is 0. The van der Waals surface area contributed by atoms with Gasteiger partial charge in [0.25, 0.3) is 0 Å². The molecule has 1 aromatic rings. The highest BCUT2D eigenvalue weighted by molar-refractivity contribution is 5.90. The number of anilines is 1. The molecule has 2 N–H and O–H groups in total. The summed E-state index contributed by atoms with van der Waals surface area (Å²) in [5.41, 5.74) is -1.84. The number of aromatic carboxylic acids is 1. The smallest absolute Gasteiger partial charge is 0.417 e. The van der Waals surface area contributed by atoms with Crippen molar-refractivity contribution in [3.8, 4) is 12.3 Å². The Kier molecular flexibility index (Phi) is 4.43. The number of carboxylic acid groups (broad SMARTS) is 1. The van der Waals surface area contributed by atoms with Crippen LogP contribution in [0.5, 0.6) is 0 Å². The van der Waals surface area contributed by atoms with E-state index in [1.54, 1.807) is 6.92 Å². The van der Waals surface area contributed by atoms with E-state index in [0.717, 1.165) is 12.1 Å². The Balaban J connectivity index is 3.20. The molecule has 0 amide bonds. The molecule has 0 spiro atoms. The van der Waals surface area contributed by atoms with Crippen LogP contribution in [0.3, 0.4) is 0 Å². The minimum absolute atomic E-state index is 0.141. The number of nitrogens with one attached hydrogen (secondary N) is 1. The zero-order chi connectivity index (χ0) is 14.6. The average Bonchev–Trinajstić information content (AvgIpc) is 2.34. The maximum absolute atomic E-state index is 12.8. The Morgan fingerprint density at radius 1 is 1.53 bits per heavy atom. The Bertz CT molecular complexity index is 518. The Labute approximate surface area is 108 Å². The number of carbonyl (C=O) groups is 1. The molecule has 0 aromatic heterocycles. The Morgan fingerprint density at radius 2 is 2.16 bits per heavy atom. The molecule has 1 rings (SSSR count). The summed E-state index contributed by atoms with van der Waals surface area (Å²) in [5, 5.41) is 11.5. The van der Waals surface area contributed by atoms with Gasteiger partial charge in [0.15, 0.2) is 0 Å². The van der Waals surface area contributed by atoms with Gasteiger partial charge in [-0.05, 0) is 24.6 Å². The van der Waals surface area contributed by atoms with Crippen LogP contribution in [0.2, 0.25) is 0 Å². The van der Waals surface area contributed by atoms with Gasteiger partial charge in [-0.25, -0.2) is 4.79 Å². The van der Waals surface area contributed by atoms with Gasteiger partial charge in [0.1, 0.15) is 0 Å². The van der Waals surface area contributed by atoms with E-state index in [1.165, 1.54) is 6.07 Å². The highest BCUT2D eigenvalue weighted by Crippen LogP contribution is 2.34. The summed E-state index contributed by atoms with van der Waals surface area (Å²) in [5.74, 6) is 0.765. The molecule has 0 aliphatic carbocycles. The molecule has 0 aliphatic rings. The third kappa shape index (κ3) is 3.65. The number of benzene rings is 1. The van der Waals surface area contributed by atoms with Crippen LogP contribution in [-0.4, -0.2) is 17.1 Å². The lowest BCUT2D eigenvalue weighted by atomic mass is 10.1. The molecule has 1 aromatic carbocycles. The number of carboxylic acids is 1. The molecule has 0 saturated carbocycles. The molecule has 0 aliphatic heterocycles. The van der Waals surface area contributed by atoms with E-state index >= 15 is 0 Å². The van der Waals surface area contributed by atoms with E-state index in [9.17, 15) is 18.0 Å². The molecular weight excluding hydrogens is 259 g/mol. The van der Waals surface area contributed by atoms with Crippen molar-refractivity contribution in [2.24, 2.45) is 0 Å². The minimum Gasteiger partial charge on any atom is -0.478 e. The Morgan fingerprint density at radius 3 is 2.58 bits per heavy atom. The predicted octanol–water partition coefficient (Wildman–Crippen LogP) is 3.23. The average molecular weight is 271 g/mol. The molecule has 0 bridgehead atoms. The largest absolute Gasteiger partial charge is 0.478 e. The Hall–Kier alpha value is -2.16. The standard InChI is InChI=1S/C13H12F3NO2/c1-3-8(4-2)17-9-5-6-10(12(18)19)11(7-9)13(14,15)16/h1,5-8,17H,4H2,2H3,(H,18,19). The van der Waals surface area contributed by atoms with Crippen LogP contribution in [0.25, 0.3) is 0 Å². The maximum Gasteiger partial charge on any atom is 0.417 e. The molecule has 0 heterocycles. The predicted molar refractivity (Wildman–Crippen MR) is 64.9 cm³/mol. The second kappa shape index (κ2) is 5.65. The van der Waals surface area contributed by atoms with Crippen LogP contribution < -0.4 is 5.32 Å². The monoisotopic (exact) mass is 271 g/mol. The molecule has 19 heavy (non-hydrogen) atoms. The summed E-state index contributed by atoms with van der Waals surface area (Å²) in [4.78, 5) is 10.8. The minimum atomic E-state index is -4.73. The maximum atomic E-state index is 12.8. The van der Waals surface area contributed by atoms with Gasteiger partial charge in [0.05, 0.1) is 17.2 Å². The van der Waals surface area contributed by atoms with Gasteiger partial charge in [-0.2, -0.15) is 13.2 Å². The first kappa shape index (κ1) is 14.9. The summed E-state index contributed by atoms with van der Waals surface area (Å²) in [6, 6.07) is 2.52. The SMILES string of the molecule is C#CC(CC)Nc1ccc(C(=O)O)c(C(F)(F)F)c1. The van der Waals surface area contributed by atoms with E-state index in [-0.39, 0.29) is 5.69 Å². The molecule has 1 atom stereocenters. The van der Waals surface area contributed by atoms with Crippen LogP contribution in [0, 0.1) is 12.3 Å². The van der Waals surface area contributed by atoms with Crippen LogP contribution in [0.15, 0.2) is 18.2 Å². The zero-order valence-corrected chi connectivity index (χ0v) is 10.1. The van der Waals surface area contributed by atoms with Crippen molar-refractivity contribution < 1.29 is 23.1 Å². The van der Waals surface area contributed by atoms with Gasteiger partial charge in [-0.3, -0.25) is 0 Å². The van der Waals surface area contributed by atoms with Crippen molar-refractivity contribution in [2.75, 3.05) is 5.32 Å². The fourth-order valence-corrected chi connectivity index (χ4v) is 1.52. The van der Waals surface area contributed by atoms with E-state index in [4.69, 9.17) is 11.5 Å². The van der Waals surface area contributed by atoms with E-state index in [0.29, 0.717) is 6.42 Å². The van der Waals surface area contributed by atoms with Gasteiger partial charge in [-0.15, -0.1) is 6.42 Å². The highest BCUT2D eigenvalue weighted by atomic mass is 19.4. The van der Waals surface area contributed by atoms with Gasteiger partial charge < -0.3 is 10.4 Å². The second-order valence-corrected chi connectivity index (χ2v) is 3.84. The van der Waals surface area contributed by atoms with Crippen molar-refractivity contribution in [3.63, 3.8) is 0 Å². The van der Waals surface area contributed by atoms with Gasteiger partial charge in [-0.1, -0.05) is 12.8 Å². The summed E-state index contributed by atoms with van der Waals surface area (Å²) < 4.78 is 38.3. The third-order valence-corrected chi connectivity index (χ3v) is 2.51. The van der Waals surface area contributed by atoms with Crippen molar-refractivity contribution in [2.45, 2.75) is 25.6 Å². The lowest BCUT2D eigenvalue weighted by Gasteiger charge is -2.16. The molecule has 1 unspecified atom stereocenters. The number of alkyl halides is 3. The summed E-state index contributed by atoms with van der Waals surface area (Å²) in [6.07, 6.45) is 1.01. The fourth-order valence-electron chi connectivity index (χ4n) is 1.52. The van der Waals surface area contributed by atoms with Crippen LogP contribution in [0.1, 0.15) is 29.3 Å². The van der Waals surface area contributed by atoms with Gasteiger partial charge in [0.2, 0.25) is 0 Å². The first-order valence-corrected chi connectivity index (χ1v) is 5.46. The molecule has 0 saturated heterocycles. The molecular formula is C13H12F3NO2. The van der Waals surface area contributed by atoms with E-state index in [1.807, 2.05) is 0 Å². The normalized spacial score (nSPS) is 12.6. The molecule has 6 heteroatoms. The molecule has 3 nitrogen and oxygen atoms in total. The van der Waals surface area contributed by atoms with E-state index in [2.05, 4.69) is 11.2 Å². The molecule has 102 valence electrons. The number of rotatable bonds is 4. The summed E-state index contributed by atoms with van der Waals surface area (Å²) >= 11 is 0. The second-order valence-electron chi connectivity index (χ2n) is 3.84. The number of terminal acetylenes is 1. The van der Waals surface area contributed by atoms with E-state index < -0.39 is 29.3 Å². The topological polar surface area (TPSA) is 49.3 Å². The molecule has 0 fully saturated rings. The first-order chi connectivity index (χ1) is 8.79. The molecule has 0 radical (unpaired) electrons. The van der Waals surface area contributed by atoms with Crippen LogP contribution in [-0.2, 0) is 6.18 Å². The van der Waals surface area contributed by atoms with Crippen LogP contribution in [0.4, 0.5) is 18.9 Å². The van der Waals surface area contributed by atoms with Gasteiger partial charge >= 0.3 is 12.1 Å². The number of hydrogen-bond acceptors (Lipinski definition) is 2. The number of hydrogen-bond donors (Lipinski definition) is 2. The summed E-state index contributed by atoms with van der Waals surface area (Å²) in [6.45, 7) is 1.79. The fraction of sp³-hybridized carbons (Fsp3) is 0.308. The van der Waals surface area contributed by atoms with Crippen LogP contribution >= 0.6 is 0 Å². The first-order valence-electron chi connectivity index (χ1n) is 5.46. The number of halogens is 3.